The number of non-ortho nitro benzene ring substituents is 1. The Kier molecular flexibility index (Phi) is 8.92. The van der Waals surface area contributed by atoms with E-state index >= 15 is 0 Å². The van der Waals surface area contributed by atoms with Crippen molar-refractivity contribution < 1.29 is 14.5 Å². The molecule has 5 nitrogen and oxygen atoms in total. The molecular weight excluding hydrogens is 354 g/mol. The van der Waals surface area contributed by atoms with Crippen LogP contribution in [0, 0.1) is 10.1 Å². The van der Waals surface area contributed by atoms with Crippen molar-refractivity contribution in [2.45, 2.75) is 45.4 Å². The average molecular weight is 381 g/mol. The van der Waals surface area contributed by atoms with E-state index in [0.717, 1.165) is 17.7 Å². The summed E-state index contributed by atoms with van der Waals surface area (Å²) in [4.78, 5) is 22.5. The number of nitro benzene ring substituents is 1. The summed E-state index contributed by atoms with van der Waals surface area (Å²) in [6, 6.07) is 13.2. The SMILES string of the molecule is CCCCCCCCOc1ccc(C(=O)/C=C/c2ccc([N+](=O)[O-])cc2)cc1. The molecule has 0 aliphatic carbocycles. The molecule has 0 saturated heterocycles. The van der Waals surface area contributed by atoms with Gasteiger partial charge in [0.05, 0.1) is 11.5 Å². The highest BCUT2D eigenvalue weighted by atomic mass is 16.6. The van der Waals surface area contributed by atoms with Crippen LogP contribution in [-0.4, -0.2) is 17.3 Å². The lowest BCUT2D eigenvalue weighted by atomic mass is 10.1. The first-order chi connectivity index (χ1) is 13.6. The number of hydrogen-bond acceptors (Lipinski definition) is 4. The van der Waals surface area contributed by atoms with Gasteiger partial charge >= 0.3 is 0 Å². The molecular formula is C23H27NO4. The van der Waals surface area contributed by atoms with Crippen LogP contribution in [0.4, 0.5) is 5.69 Å². The standard InChI is InChI=1S/C23H27NO4/c1-2-3-4-5-6-7-18-28-22-15-11-20(12-16-22)23(25)17-10-19-8-13-21(14-9-19)24(26)27/h8-17H,2-7,18H2,1H3/b17-10+. The first kappa shape index (κ1) is 21.4. The summed E-state index contributed by atoms with van der Waals surface area (Å²) >= 11 is 0. The maximum atomic E-state index is 12.3. The normalized spacial score (nSPS) is 10.9. The van der Waals surface area contributed by atoms with Gasteiger partial charge in [-0.3, -0.25) is 14.9 Å². The number of ketones is 1. The second-order valence-corrected chi connectivity index (χ2v) is 6.69. The summed E-state index contributed by atoms with van der Waals surface area (Å²) < 4.78 is 5.72. The molecule has 148 valence electrons. The monoisotopic (exact) mass is 381 g/mol. The van der Waals surface area contributed by atoms with Crippen LogP contribution >= 0.6 is 0 Å². The molecule has 2 aromatic rings. The topological polar surface area (TPSA) is 69.4 Å². The number of benzene rings is 2. The minimum atomic E-state index is -0.450. The first-order valence-electron chi connectivity index (χ1n) is 9.80. The number of carbonyl (C=O) groups excluding carboxylic acids is 1. The minimum absolute atomic E-state index is 0.0278. The maximum absolute atomic E-state index is 12.3. The highest BCUT2D eigenvalue weighted by Crippen LogP contribution is 2.16. The largest absolute Gasteiger partial charge is 0.494 e. The van der Waals surface area contributed by atoms with E-state index in [0.29, 0.717) is 12.2 Å². The molecule has 0 saturated carbocycles. The number of unbranched alkanes of at least 4 members (excludes halogenated alkanes) is 5. The van der Waals surface area contributed by atoms with Crippen molar-refractivity contribution in [3.05, 3.63) is 75.8 Å². The van der Waals surface area contributed by atoms with Crippen molar-refractivity contribution in [2.75, 3.05) is 6.61 Å². The predicted octanol–water partition coefficient (Wildman–Crippen LogP) is 6.23. The van der Waals surface area contributed by atoms with E-state index in [-0.39, 0.29) is 11.5 Å². The molecule has 2 aromatic carbocycles. The second-order valence-electron chi connectivity index (χ2n) is 6.69. The van der Waals surface area contributed by atoms with E-state index in [4.69, 9.17) is 4.74 Å². The smallest absolute Gasteiger partial charge is 0.269 e. The number of nitro groups is 1. The molecule has 28 heavy (non-hydrogen) atoms. The third-order valence-corrected chi connectivity index (χ3v) is 4.44. The Morgan fingerprint density at radius 1 is 0.964 bits per heavy atom. The molecule has 2 rings (SSSR count). The number of rotatable bonds is 12. The Bertz CT molecular complexity index is 779. The van der Waals surface area contributed by atoms with Crippen LogP contribution in [0.2, 0.25) is 0 Å². The Morgan fingerprint density at radius 2 is 1.61 bits per heavy atom. The van der Waals surface area contributed by atoms with E-state index in [1.54, 1.807) is 30.3 Å². The fourth-order valence-electron chi connectivity index (χ4n) is 2.76. The van der Waals surface area contributed by atoms with Gasteiger partial charge in [-0.05, 0) is 54.5 Å². The molecule has 0 unspecified atom stereocenters. The van der Waals surface area contributed by atoms with Gasteiger partial charge in [0.2, 0.25) is 0 Å². The summed E-state index contributed by atoms with van der Waals surface area (Å²) in [5.41, 5.74) is 1.34. The molecule has 0 amide bonds. The summed E-state index contributed by atoms with van der Waals surface area (Å²) in [6.45, 7) is 2.91. The summed E-state index contributed by atoms with van der Waals surface area (Å²) in [5, 5.41) is 10.7. The number of allylic oxidation sites excluding steroid dienone is 1. The van der Waals surface area contributed by atoms with E-state index in [2.05, 4.69) is 6.92 Å². The van der Waals surface area contributed by atoms with Crippen molar-refractivity contribution >= 4 is 17.5 Å². The average Bonchev–Trinajstić information content (AvgIpc) is 2.72. The van der Waals surface area contributed by atoms with Gasteiger partial charge in [-0.25, -0.2) is 0 Å². The molecule has 0 heterocycles. The zero-order valence-electron chi connectivity index (χ0n) is 16.3. The van der Waals surface area contributed by atoms with Crippen LogP contribution in [0.1, 0.15) is 61.4 Å². The van der Waals surface area contributed by atoms with Crippen LogP contribution < -0.4 is 4.74 Å². The highest BCUT2D eigenvalue weighted by Gasteiger charge is 2.04. The van der Waals surface area contributed by atoms with Crippen LogP contribution in [0.15, 0.2) is 54.6 Å². The second kappa shape index (κ2) is 11.7. The molecule has 0 fully saturated rings. The van der Waals surface area contributed by atoms with Crippen molar-refractivity contribution in [1.29, 1.82) is 0 Å². The first-order valence-corrected chi connectivity index (χ1v) is 9.80. The van der Waals surface area contributed by atoms with E-state index in [9.17, 15) is 14.9 Å². The predicted molar refractivity (Wildman–Crippen MR) is 112 cm³/mol. The zero-order chi connectivity index (χ0) is 20.2. The lowest BCUT2D eigenvalue weighted by Crippen LogP contribution is -1.99. The summed E-state index contributed by atoms with van der Waals surface area (Å²) in [7, 11) is 0. The fourth-order valence-corrected chi connectivity index (χ4v) is 2.76. The van der Waals surface area contributed by atoms with Crippen LogP contribution in [-0.2, 0) is 0 Å². The van der Waals surface area contributed by atoms with Gasteiger partial charge in [0, 0.05) is 17.7 Å². The molecule has 5 heteroatoms. The Balaban J connectivity index is 1.78. The highest BCUT2D eigenvalue weighted by molar-refractivity contribution is 6.06. The number of carbonyl (C=O) groups is 1. The quantitative estimate of drug-likeness (QED) is 0.144. The fraction of sp³-hybridized carbons (Fsp3) is 0.348. The van der Waals surface area contributed by atoms with Gasteiger partial charge in [0.25, 0.3) is 5.69 Å². The van der Waals surface area contributed by atoms with Crippen molar-refractivity contribution in [3.8, 4) is 5.75 Å². The van der Waals surface area contributed by atoms with Gasteiger partial charge < -0.3 is 4.74 Å². The minimum Gasteiger partial charge on any atom is -0.494 e. The van der Waals surface area contributed by atoms with E-state index < -0.39 is 4.92 Å². The number of ether oxygens (including phenoxy) is 1. The molecule has 0 aliphatic rings. The molecule has 0 aromatic heterocycles. The van der Waals surface area contributed by atoms with E-state index in [1.165, 1.54) is 50.3 Å². The lowest BCUT2D eigenvalue weighted by molar-refractivity contribution is -0.384. The summed E-state index contributed by atoms with van der Waals surface area (Å²) in [5.74, 6) is 0.644. The lowest BCUT2D eigenvalue weighted by Gasteiger charge is -2.06. The van der Waals surface area contributed by atoms with Gasteiger partial charge in [-0.2, -0.15) is 0 Å². The zero-order valence-corrected chi connectivity index (χ0v) is 16.3. The Labute approximate surface area is 166 Å². The van der Waals surface area contributed by atoms with Crippen molar-refractivity contribution in [1.82, 2.24) is 0 Å². The Morgan fingerprint density at radius 3 is 2.25 bits per heavy atom. The molecule has 0 N–H and O–H groups in total. The van der Waals surface area contributed by atoms with Gasteiger partial charge in [-0.15, -0.1) is 0 Å². The summed E-state index contributed by atoms with van der Waals surface area (Å²) in [6.07, 6.45) is 10.4. The molecule has 0 aliphatic heterocycles. The molecule has 0 spiro atoms. The third-order valence-electron chi connectivity index (χ3n) is 4.44. The maximum Gasteiger partial charge on any atom is 0.269 e. The Hall–Kier alpha value is -2.95. The molecule has 0 radical (unpaired) electrons. The van der Waals surface area contributed by atoms with Gasteiger partial charge in [0.15, 0.2) is 5.78 Å². The van der Waals surface area contributed by atoms with Crippen molar-refractivity contribution in [3.63, 3.8) is 0 Å². The molecule has 0 atom stereocenters. The van der Waals surface area contributed by atoms with Gasteiger partial charge in [0.1, 0.15) is 5.75 Å². The molecule has 0 bridgehead atoms. The van der Waals surface area contributed by atoms with Crippen LogP contribution in [0.3, 0.4) is 0 Å². The van der Waals surface area contributed by atoms with Gasteiger partial charge in [-0.1, -0.05) is 45.1 Å². The number of hydrogen-bond donors (Lipinski definition) is 0. The van der Waals surface area contributed by atoms with Crippen molar-refractivity contribution in [2.24, 2.45) is 0 Å². The van der Waals surface area contributed by atoms with Crippen LogP contribution in [0.5, 0.6) is 5.75 Å². The number of nitrogens with zero attached hydrogens (tertiary/aromatic N) is 1. The third kappa shape index (κ3) is 7.35. The van der Waals surface area contributed by atoms with Crippen LogP contribution in [0.25, 0.3) is 6.08 Å². The van der Waals surface area contributed by atoms with E-state index in [1.807, 2.05) is 12.1 Å².